The minimum atomic E-state index is -0.308. The number of benzene rings is 2. The van der Waals surface area contributed by atoms with Gasteiger partial charge >= 0.3 is 0 Å². The normalized spacial score (nSPS) is 10.4. The highest BCUT2D eigenvalue weighted by Crippen LogP contribution is 2.26. The van der Waals surface area contributed by atoms with Crippen LogP contribution in [0, 0.1) is 17.1 Å². The summed E-state index contributed by atoms with van der Waals surface area (Å²) in [6, 6.07) is 12.0. The molecule has 0 atom stereocenters. The Morgan fingerprint density at radius 1 is 1.04 bits per heavy atom. The number of halogens is 1. The summed E-state index contributed by atoms with van der Waals surface area (Å²) in [6.45, 7) is 0.986. The van der Waals surface area contributed by atoms with E-state index in [0.717, 1.165) is 17.1 Å². The quantitative estimate of drug-likeness (QED) is 0.820. The molecule has 0 spiro atoms. The summed E-state index contributed by atoms with van der Waals surface area (Å²) >= 11 is 0. The highest BCUT2D eigenvalue weighted by molar-refractivity contribution is 5.40. The van der Waals surface area contributed by atoms with E-state index < -0.39 is 0 Å². The Hall–Kier alpha value is -2.58. The topological polar surface area (TPSA) is 45.5 Å². The summed E-state index contributed by atoms with van der Waals surface area (Å²) in [5.41, 5.74) is 1.93. The first-order chi connectivity index (χ1) is 11.1. The molecule has 0 aliphatic carbocycles. The maximum absolute atomic E-state index is 13.9. The number of hydrogen-bond acceptors (Lipinski definition) is 4. The van der Waals surface area contributed by atoms with Crippen molar-refractivity contribution in [3.05, 3.63) is 58.9 Å². The SMILES string of the molecule is COc1ccc(CN(C)Cc2cc(C#N)ccc2F)c(OC)c1. The van der Waals surface area contributed by atoms with Crippen molar-refractivity contribution in [1.82, 2.24) is 4.90 Å². The molecule has 0 fully saturated rings. The van der Waals surface area contributed by atoms with Gasteiger partial charge in [-0.3, -0.25) is 4.90 Å². The van der Waals surface area contributed by atoms with E-state index in [0.29, 0.717) is 24.2 Å². The van der Waals surface area contributed by atoms with Gasteiger partial charge in [0.1, 0.15) is 17.3 Å². The molecular weight excluding hydrogens is 295 g/mol. The minimum absolute atomic E-state index is 0.308. The zero-order valence-corrected chi connectivity index (χ0v) is 13.5. The van der Waals surface area contributed by atoms with Crippen molar-refractivity contribution in [2.45, 2.75) is 13.1 Å². The van der Waals surface area contributed by atoms with Gasteiger partial charge in [-0.25, -0.2) is 4.39 Å². The molecule has 2 rings (SSSR count). The summed E-state index contributed by atoms with van der Waals surface area (Å²) in [6.07, 6.45) is 0. The molecule has 0 aromatic heterocycles. The van der Waals surface area contributed by atoms with Crippen LogP contribution in [0.25, 0.3) is 0 Å². The lowest BCUT2D eigenvalue weighted by Crippen LogP contribution is -2.18. The molecule has 0 unspecified atom stereocenters. The maximum atomic E-state index is 13.9. The predicted octanol–water partition coefficient (Wildman–Crippen LogP) is 3.35. The lowest BCUT2D eigenvalue weighted by molar-refractivity contribution is 0.304. The van der Waals surface area contributed by atoms with Crippen LogP contribution < -0.4 is 9.47 Å². The van der Waals surface area contributed by atoms with Crippen molar-refractivity contribution in [3.63, 3.8) is 0 Å². The molecule has 4 nitrogen and oxygen atoms in total. The van der Waals surface area contributed by atoms with Crippen LogP contribution in [-0.4, -0.2) is 26.2 Å². The number of rotatable bonds is 6. The Labute approximate surface area is 135 Å². The van der Waals surface area contributed by atoms with Gasteiger partial charge in [0.2, 0.25) is 0 Å². The molecule has 120 valence electrons. The van der Waals surface area contributed by atoms with Crippen molar-refractivity contribution in [1.29, 1.82) is 5.26 Å². The van der Waals surface area contributed by atoms with Crippen molar-refractivity contribution in [2.75, 3.05) is 21.3 Å². The van der Waals surface area contributed by atoms with Gasteiger partial charge in [-0.05, 0) is 31.3 Å². The van der Waals surface area contributed by atoms with Crippen LogP contribution in [0.15, 0.2) is 36.4 Å². The lowest BCUT2D eigenvalue weighted by atomic mass is 10.1. The van der Waals surface area contributed by atoms with Gasteiger partial charge in [-0.15, -0.1) is 0 Å². The van der Waals surface area contributed by atoms with E-state index in [4.69, 9.17) is 14.7 Å². The third kappa shape index (κ3) is 4.21. The number of hydrogen-bond donors (Lipinski definition) is 0. The molecular formula is C18H19FN2O2. The summed E-state index contributed by atoms with van der Waals surface area (Å²) in [5, 5.41) is 8.93. The van der Waals surface area contributed by atoms with Gasteiger partial charge in [-0.1, -0.05) is 6.07 Å². The summed E-state index contributed by atoms with van der Waals surface area (Å²) in [7, 11) is 5.10. The summed E-state index contributed by atoms with van der Waals surface area (Å²) in [5.74, 6) is 1.14. The largest absolute Gasteiger partial charge is 0.497 e. The van der Waals surface area contributed by atoms with E-state index in [2.05, 4.69) is 0 Å². The highest BCUT2D eigenvalue weighted by Gasteiger charge is 2.11. The van der Waals surface area contributed by atoms with Crippen molar-refractivity contribution < 1.29 is 13.9 Å². The van der Waals surface area contributed by atoms with Crippen LogP contribution in [-0.2, 0) is 13.1 Å². The fourth-order valence-electron chi connectivity index (χ4n) is 2.39. The zero-order chi connectivity index (χ0) is 16.8. The Morgan fingerprint density at radius 3 is 2.43 bits per heavy atom. The smallest absolute Gasteiger partial charge is 0.127 e. The Morgan fingerprint density at radius 2 is 1.78 bits per heavy atom. The number of ether oxygens (including phenoxy) is 2. The van der Waals surface area contributed by atoms with Gasteiger partial charge < -0.3 is 9.47 Å². The molecule has 23 heavy (non-hydrogen) atoms. The van der Waals surface area contributed by atoms with Gasteiger partial charge in [0.05, 0.1) is 25.9 Å². The second kappa shape index (κ2) is 7.61. The molecule has 2 aromatic rings. The van der Waals surface area contributed by atoms with Crippen LogP contribution in [0.3, 0.4) is 0 Å². The van der Waals surface area contributed by atoms with Gasteiger partial charge in [0, 0.05) is 30.3 Å². The second-order valence-electron chi connectivity index (χ2n) is 5.27. The van der Waals surface area contributed by atoms with E-state index in [1.807, 2.05) is 36.2 Å². The fourth-order valence-corrected chi connectivity index (χ4v) is 2.39. The predicted molar refractivity (Wildman–Crippen MR) is 85.8 cm³/mol. The molecule has 0 aliphatic heterocycles. The van der Waals surface area contributed by atoms with E-state index in [-0.39, 0.29) is 5.82 Å². The molecule has 2 aromatic carbocycles. The molecule has 0 N–H and O–H groups in total. The van der Waals surface area contributed by atoms with Crippen molar-refractivity contribution in [3.8, 4) is 17.6 Å². The maximum Gasteiger partial charge on any atom is 0.127 e. The van der Waals surface area contributed by atoms with Gasteiger partial charge in [-0.2, -0.15) is 5.26 Å². The van der Waals surface area contributed by atoms with E-state index in [9.17, 15) is 4.39 Å². The molecule has 0 heterocycles. The van der Waals surface area contributed by atoms with E-state index >= 15 is 0 Å². The van der Waals surface area contributed by atoms with Gasteiger partial charge in [0.25, 0.3) is 0 Å². The molecule has 5 heteroatoms. The zero-order valence-electron chi connectivity index (χ0n) is 13.5. The minimum Gasteiger partial charge on any atom is -0.497 e. The average molecular weight is 314 g/mol. The van der Waals surface area contributed by atoms with E-state index in [1.165, 1.54) is 12.1 Å². The second-order valence-corrected chi connectivity index (χ2v) is 5.27. The Kier molecular flexibility index (Phi) is 5.56. The van der Waals surface area contributed by atoms with Crippen LogP contribution in [0.1, 0.15) is 16.7 Å². The first-order valence-electron chi connectivity index (χ1n) is 7.15. The monoisotopic (exact) mass is 314 g/mol. The van der Waals surface area contributed by atoms with Crippen molar-refractivity contribution in [2.24, 2.45) is 0 Å². The first kappa shape index (κ1) is 16.8. The summed E-state index contributed by atoms with van der Waals surface area (Å²) < 4.78 is 24.4. The van der Waals surface area contributed by atoms with Crippen molar-refractivity contribution >= 4 is 0 Å². The lowest BCUT2D eigenvalue weighted by Gasteiger charge is -2.19. The molecule has 0 radical (unpaired) electrons. The Balaban J connectivity index is 2.14. The third-order valence-corrected chi connectivity index (χ3v) is 3.55. The third-order valence-electron chi connectivity index (χ3n) is 3.55. The molecule has 0 bridgehead atoms. The molecule has 0 amide bonds. The summed E-state index contributed by atoms with van der Waals surface area (Å²) in [4.78, 5) is 1.96. The first-order valence-corrected chi connectivity index (χ1v) is 7.15. The van der Waals surface area contributed by atoms with Gasteiger partial charge in [0.15, 0.2) is 0 Å². The van der Waals surface area contributed by atoms with E-state index in [1.54, 1.807) is 20.3 Å². The number of nitriles is 1. The standard InChI is InChI=1S/C18H19FN2O2/c1-21(12-15-8-13(10-20)4-7-17(15)19)11-14-5-6-16(22-2)9-18(14)23-3/h4-9H,11-12H2,1-3H3. The number of methoxy groups -OCH3 is 2. The highest BCUT2D eigenvalue weighted by atomic mass is 19.1. The number of nitrogens with zero attached hydrogens (tertiary/aromatic N) is 2. The Bertz CT molecular complexity index is 725. The van der Waals surface area contributed by atoms with Crippen LogP contribution in [0.2, 0.25) is 0 Å². The van der Waals surface area contributed by atoms with Crippen LogP contribution >= 0.6 is 0 Å². The van der Waals surface area contributed by atoms with Crippen LogP contribution in [0.5, 0.6) is 11.5 Å². The average Bonchev–Trinajstić information content (AvgIpc) is 2.57. The molecule has 0 saturated carbocycles. The molecule has 0 aliphatic rings. The van der Waals surface area contributed by atoms with Crippen LogP contribution in [0.4, 0.5) is 4.39 Å². The molecule has 0 saturated heterocycles. The fraction of sp³-hybridized carbons (Fsp3) is 0.278.